The van der Waals surface area contributed by atoms with Crippen LogP contribution < -0.4 is 0 Å². The normalized spacial score (nSPS) is 14.5. The fourth-order valence-corrected chi connectivity index (χ4v) is 4.37. The number of esters is 1. The van der Waals surface area contributed by atoms with Crippen LogP contribution in [0.4, 0.5) is 0 Å². The molecule has 0 saturated carbocycles. The number of hydrogen-bond donors (Lipinski definition) is 0. The van der Waals surface area contributed by atoms with Crippen LogP contribution in [0.3, 0.4) is 0 Å². The minimum absolute atomic E-state index is 0.0900. The summed E-state index contributed by atoms with van der Waals surface area (Å²) in [6, 6.07) is 0. The van der Waals surface area contributed by atoms with Crippen LogP contribution in [0, 0.1) is 10.3 Å². The number of rotatable bonds is 17. The molecule has 0 aliphatic heterocycles. The Morgan fingerprint density at radius 1 is 0.821 bits per heavy atom. The molecular formula is C24H47NO3. The van der Waals surface area contributed by atoms with E-state index in [1.807, 2.05) is 13.8 Å². The van der Waals surface area contributed by atoms with E-state index in [9.17, 15) is 9.70 Å². The van der Waals surface area contributed by atoms with E-state index in [1.54, 1.807) is 0 Å². The molecule has 1 unspecified atom stereocenters. The van der Waals surface area contributed by atoms with Gasteiger partial charge in [0.05, 0.1) is 6.42 Å². The molecule has 0 spiro atoms. The van der Waals surface area contributed by atoms with Crippen LogP contribution in [0.5, 0.6) is 0 Å². The maximum Gasteiger partial charge on any atom is 0.308 e. The highest BCUT2D eigenvalue weighted by Crippen LogP contribution is 2.43. The third-order valence-electron chi connectivity index (χ3n) is 6.87. The average molecular weight is 398 g/mol. The van der Waals surface area contributed by atoms with Crippen molar-refractivity contribution in [2.45, 2.75) is 143 Å². The van der Waals surface area contributed by atoms with Crippen molar-refractivity contribution >= 4 is 5.97 Å². The van der Waals surface area contributed by atoms with Crippen molar-refractivity contribution in [3.8, 4) is 0 Å². The van der Waals surface area contributed by atoms with Gasteiger partial charge < -0.3 is 4.74 Å². The molecule has 0 fully saturated rings. The Labute approximate surface area is 174 Å². The van der Waals surface area contributed by atoms with Crippen molar-refractivity contribution in [3.05, 3.63) is 4.91 Å². The number of hydrogen-bond acceptors (Lipinski definition) is 4. The minimum atomic E-state index is -0.822. The summed E-state index contributed by atoms with van der Waals surface area (Å²) in [5, 5.41) is 3.29. The van der Waals surface area contributed by atoms with Crippen LogP contribution in [0.15, 0.2) is 5.18 Å². The Morgan fingerprint density at radius 3 is 1.79 bits per heavy atom. The molecule has 0 rings (SSSR count). The monoisotopic (exact) mass is 397 g/mol. The molecule has 0 N–H and O–H groups in total. The highest BCUT2D eigenvalue weighted by atomic mass is 16.6. The number of ether oxygens (including phenoxy) is 1. The number of unbranched alkanes of at least 4 members (excludes halogenated alkanes) is 3. The van der Waals surface area contributed by atoms with Gasteiger partial charge >= 0.3 is 5.97 Å². The SMILES string of the molecule is CCCCCC(C)(CCCC)CC(CC)(CC)OC(=O)CC(CC)(CC)N=O. The summed E-state index contributed by atoms with van der Waals surface area (Å²) in [4.78, 5) is 24.2. The topological polar surface area (TPSA) is 55.7 Å². The predicted octanol–water partition coefficient (Wildman–Crippen LogP) is 7.97. The van der Waals surface area contributed by atoms with Gasteiger partial charge in [-0.05, 0) is 50.4 Å². The van der Waals surface area contributed by atoms with Crippen LogP contribution >= 0.6 is 0 Å². The molecule has 166 valence electrons. The van der Waals surface area contributed by atoms with Crippen LogP contribution in [-0.2, 0) is 9.53 Å². The molecule has 0 aromatic heterocycles. The first-order valence-electron chi connectivity index (χ1n) is 11.8. The summed E-state index contributed by atoms with van der Waals surface area (Å²) in [5.41, 5.74) is -1.08. The van der Waals surface area contributed by atoms with Gasteiger partial charge in [0.25, 0.3) is 0 Å². The van der Waals surface area contributed by atoms with E-state index in [4.69, 9.17) is 4.74 Å². The first-order valence-corrected chi connectivity index (χ1v) is 11.8. The summed E-state index contributed by atoms with van der Waals surface area (Å²) >= 11 is 0. The van der Waals surface area contributed by atoms with Gasteiger partial charge in [-0.2, -0.15) is 4.91 Å². The highest BCUT2D eigenvalue weighted by molar-refractivity contribution is 5.71. The maximum absolute atomic E-state index is 12.8. The lowest BCUT2D eigenvalue weighted by Crippen LogP contribution is -2.41. The molecule has 0 aliphatic carbocycles. The van der Waals surface area contributed by atoms with Gasteiger partial charge in [0, 0.05) is 0 Å². The van der Waals surface area contributed by atoms with Crippen molar-refractivity contribution in [1.29, 1.82) is 0 Å². The lowest BCUT2D eigenvalue weighted by Gasteiger charge is -2.41. The molecule has 0 heterocycles. The number of nitroso groups, excluding NO2 is 1. The van der Waals surface area contributed by atoms with E-state index < -0.39 is 11.1 Å². The molecule has 0 bridgehead atoms. The Morgan fingerprint density at radius 2 is 1.36 bits per heavy atom. The largest absolute Gasteiger partial charge is 0.459 e. The third-order valence-corrected chi connectivity index (χ3v) is 6.87. The summed E-state index contributed by atoms with van der Waals surface area (Å²) < 4.78 is 6.14. The van der Waals surface area contributed by atoms with Crippen LogP contribution in [0.2, 0.25) is 0 Å². The second-order valence-electron chi connectivity index (χ2n) is 9.11. The summed E-state index contributed by atoms with van der Waals surface area (Å²) in [5.74, 6) is -0.265. The Bertz CT molecular complexity index is 441. The van der Waals surface area contributed by atoms with E-state index in [1.165, 1.54) is 44.9 Å². The molecule has 0 aromatic carbocycles. The average Bonchev–Trinajstić information content (AvgIpc) is 2.70. The second kappa shape index (κ2) is 13.3. The zero-order valence-corrected chi connectivity index (χ0v) is 19.9. The minimum Gasteiger partial charge on any atom is -0.459 e. The first-order chi connectivity index (χ1) is 13.2. The fourth-order valence-electron chi connectivity index (χ4n) is 4.37. The van der Waals surface area contributed by atoms with E-state index in [-0.39, 0.29) is 17.8 Å². The Hall–Kier alpha value is -0.930. The lowest BCUT2D eigenvalue weighted by atomic mass is 9.70. The van der Waals surface area contributed by atoms with Crippen molar-refractivity contribution in [3.63, 3.8) is 0 Å². The fraction of sp³-hybridized carbons (Fsp3) is 0.958. The van der Waals surface area contributed by atoms with Gasteiger partial charge in [0.15, 0.2) is 0 Å². The molecule has 0 aromatic rings. The van der Waals surface area contributed by atoms with Crippen molar-refractivity contribution in [1.82, 2.24) is 0 Å². The molecule has 28 heavy (non-hydrogen) atoms. The Balaban J connectivity index is 5.38. The zero-order valence-electron chi connectivity index (χ0n) is 19.9. The van der Waals surface area contributed by atoms with Gasteiger partial charge in [-0.25, -0.2) is 0 Å². The number of carbonyl (C=O) groups is 1. The first kappa shape index (κ1) is 27.1. The smallest absolute Gasteiger partial charge is 0.308 e. The zero-order chi connectivity index (χ0) is 21.7. The second-order valence-corrected chi connectivity index (χ2v) is 9.11. The summed E-state index contributed by atoms with van der Waals surface area (Å²) in [6.07, 6.45) is 12.2. The molecule has 0 saturated heterocycles. The molecule has 4 nitrogen and oxygen atoms in total. The highest BCUT2D eigenvalue weighted by Gasteiger charge is 2.40. The van der Waals surface area contributed by atoms with E-state index in [2.05, 4.69) is 39.8 Å². The van der Waals surface area contributed by atoms with E-state index in [0.717, 1.165) is 19.3 Å². The predicted molar refractivity (Wildman–Crippen MR) is 120 cm³/mol. The van der Waals surface area contributed by atoms with Gasteiger partial charge in [-0.15, -0.1) is 0 Å². The van der Waals surface area contributed by atoms with Gasteiger partial charge in [-0.1, -0.05) is 85.7 Å². The van der Waals surface area contributed by atoms with Gasteiger partial charge in [0.1, 0.15) is 11.1 Å². The van der Waals surface area contributed by atoms with E-state index in [0.29, 0.717) is 12.8 Å². The van der Waals surface area contributed by atoms with Crippen molar-refractivity contribution in [2.24, 2.45) is 10.6 Å². The number of carbonyl (C=O) groups excluding carboxylic acids is 1. The van der Waals surface area contributed by atoms with Crippen molar-refractivity contribution in [2.75, 3.05) is 0 Å². The van der Waals surface area contributed by atoms with Crippen LogP contribution in [0.1, 0.15) is 132 Å². The third kappa shape index (κ3) is 8.61. The standard InChI is InChI=1S/C24H47NO3/c1-8-14-16-18-22(7,17-15-9-2)20-24(12-5,13-6)28-21(26)19-23(10-3,11-4)25-27/h8-20H2,1-7H3. The molecule has 0 amide bonds. The molecular weight excluding hydrogens is 350 g/mol. The quantitative estimate of drug-likeness (QED) is 0.142. The molecule has 1 atom stereocenters. The maximum atomic E-state index is 12.8. The summed E-state index contributed by atoms with van der Waals surface area (Å²) in [7, 11) is 0. The summed E-state index contributed by atoms with van der Waals surface area (Å²) in [6.45, 7) is 14.9. The number of nitrogens with zero attached hydrogens (tertiary/aromatic N) is 1. The van der Waals surface area contributed by atoms with Gasteiger partial charge in [0.2, 0.25) is 0 Å². The molecule has 4 heteroatoms. The lowest BCUT2D eigenvalue weighted by molar-refractivity contribution is -0.166. The molecule has 0 aliphatic rings. The molecule has 0 radical (unpaired) electrons. The van der Waals surface area contributed by atoms with Crippen molar-refractivity contribution < 1.29 is 9.53 Å². The van der Waals surface area contributed by atoms with Gasteiger partial charge in [-0.3, -0.25) is 4.79 Å². The van der Waals surface area contributed by atoms with E-state index >= 15 is 0 Å². The van der Waals surface area contributed by atoms with Crippen LogP contribution in [0.25, 0.3) is 0 Å². The Kier molecular flexibility index (Phi) is 12.9. The van der Waals surface area contributed by atoms with Crippen LogP contribution in [-0.4, -0.2) is 17.1 Å².